The highest BCUT2D eigenvalue weighted by Crippen LogP contribution is 2.11. The van der Waals surface area contributed by atoms with Crippen molar-refractivity contribution in [3.63, 3.8) is 0 Å². The molecule has 23 heavy (non-hydrogen) atoms. The van der Waals surface area contributed by atoms with E-state index in [9.17, 15) is 13.2 Å². The number of hydrogen-bond acceptors (Lipinski definition) is 3. The summed E-state index contributed by atoms with van der Waals surface area (Å²) < 4.78 is 25.2. The van der Waals surface area contributed by atoms with Gasteiger partial charge in [-0.25, -0.2) is 12.7 Å². The number of carbonyl (C=O) groups is 1. The Morgan fingerprint density at radius 1 is 1.09 bits per heavy atom. The quantitative estimate of drug-likeness (QED) is 0.679. The van der Waals surface area contributed by atoms with Crippen molar-refractivity contribution >= 4 is 27.5 Å². The van der Waals surface area contributed by atoms with Gasteiger partial charge in [-0.15, -0.1) is 0 Å². The third-order valence-corrected chi connectivity index (χ3v) is 5.28. The van der Waals surface area contributed by atoms with Gasteiger partial charge in [0.05, 0.1) is 6.26 Å². The summed E-state index contributed by atoms with van der Waals surface area (Å²) in [6, 6.07) is 7.32. The number of hydrogen-bond donors (Lipinski definition) is 0. The number of carbonyl (C=O) groups excluding carboxylic acids is 1. The second kappa shape index (κ2) is 9.25. The lowest BCUT2D eigenvalue weighted by Gasteiger charge is -2.23. The molecule has 0 bridgehead atoms. The highest BCUT2D eigenvalue weighted by Gasteiger charge is 2.19. The van der Waals surface area contributed by atoms with Gasteiger partial charge >= 0.3 is 0 Å². The maximum Gasteiger partial charge on any atom is 0.223 e. The SMILES string of the molecule is CCN(CC)C(=O)CCN(CCc1ccc(Cl)cc1)S(C)(=O)=O. The average molecular weight is 361 g/mol. The molecule has 0 saturated carbocycles. The summed E-state index contributed by atoms with van der Waals surface area (Å²) in [6.45, 7) is 5.66. The molecule has 0 fully saturated rings. The molecule has 0 unspecified atom stereocenters. The topological polar surface area (TPSA) is 57.7 Å². The monoisotopic (exact) mass is 360 g/mol. The minimum atomic E-state index is -3.34. The molecule has 5 nitrogen and oxygen atoms in total. The third-order valence-electron chi connectivity index (χ3n) is 3.72. The van der Waals surface area contributed by atoms with Gasteiger partial charge in [-0.1, -0.05) is 23.7 Å². The van der Waals surface area contributed by atoms with Crippen molar-refractivity contribution < 1.29 is 13.2 Å². The normalized spacial score (nSPS) is 11.7. The van der Waals surface area contributed by atoms with E-state index in [2.05, 4.69) is 0 Å². The first kappa shape index (κ1) is 19.9. The Labute approximate surface area is 144 Å². The summed E-state index contributed by atoms with van der Waals surface area (Å²) in [5.41, 5.74) is 1.01. The van der Waals surface area contributed by atoms with E-state index in [0.29, 0.717) is 31.1 Å². The Hall–Kier alpha value is -1.11. The van der Waals surface area contributed by atoms with Crippen LogP contribution in [0.1, 0.15) is 25.8 Å². The summed E-state index contributed by atoms with van der Waals surface area (Å²) in [5, 5.41) is 0.651. The molecule has 0 aromatic heterocycles. The molecule has 1 amide bonds. The first-order valence-corrected chi connectivity index (χ1v) is 9.97. The molecule has 1 aromatic rings. The fourth-order valence-electron chi connectivity index (χ4n) is 2.30. The van der Waals surface area contributed by atoms with Crippen LogP contribution in [-0.4, -0.2) is 56.0 Å². The van der Waals surface area contributed by atoms with Crippen molar-refractivity contribution in [1.29, 1.82) is 0 Å². The standard InChI is InChI=1S/C16H25ClN2O3S/c1-4-18(5-2)16(20)11-13-19(23(3,21)22)12-10-14-6-8-15(17)9-7-14/h6-9H,4-5,10-13H2,1-3H3. The first-order chi connectivity index (χ1) is 10.8. The van der Waals surface area contributed by atoms with Crippen LogP contribution >= 0.6 is 11.6 Å². The number of halogens is 1. The van der Waals surface area contributed by atoms with Gasteiger partial charge in [-0.05, 0) is 38.0 Å². The first-order valence-electron chi connectivity index (χ1n) is 7.75. The van der Waals surface area contributed by atoms with E-state index >= 15 is 0 Å². The van der Waals surface area contributed by atoms with E-state index in [1.165, 1.54) is 10.6 Å². The van der Waals surface area contributed by atoms with Gasteiger partial charge in [-0.2, -0.15) is 0 Å². The van der Waals surface area contributed by atoms with Crippen LogP contribution in [0.15, 0.2) is 24.3 Å². The summed E-state index contributed by atoms with van der Waals surface area (Å²) in [4.78, 5) is 13.7. The smallest absolute Gasteiger partial charge is 0.223 e. The molecular weight excluding hydrogens is 336 g/mol. The van der Waals surface area contributed by atoms with Crippen LogP contribution in [0, 0.1) is 0 Å². The number of benzene rings is 1. The minimum absolute atomic E-state index is 0.0184. The van der Waals surface area contributed by atoms with Gasteiger partial charge in [0, 0.05) is 37.6 Å². The van der Waals surface area contributed by atoms with Gasteiger partial charge in [0.2, 0.25) is 15.9 Å². The molecule has 0 spiro atoms. The molecule has 0 aliphatic heterocycles. The largest absolute Gasteiger partial charge is 0.343 e. The van der Waals surface area contributed by atoms with E-state index < -0.39 is 10.0 Å². The Bertz CT molecular complexity index is 598. The molecule has 0 aliphatic carbocycles. The van der Waals surface area contributed by atoms with Crippen LogP contribution < -0.4 is 0 Å². The van der Waals surface area contributed by atoms with Crippen LogP contribution in [-0.2, 0) is 21.2 Å². The Kier molecular flexibility index (Phi) is 8.02. The Morgan fingerprint density at radius 3 is 2.13 bits per heavy atom. The van der Waals surface area contributed by atoms with Gasteiger partial charge in [0.1, 0.15) is 0 Å². The predicted octanol–water partition coefficient (Wildman–Crippen LogP) is 2.40. The minimum Gasteiger partial charge on any atom is -0.343 e. The maximum absolute atomic E-state index is 12.0. The fraction of sp³-hybridized carbons (Fsp3) is 0.562. The lowest BCUT2D eigenvalue weighted by Crippen LogP contribution is -2.37. The van der Waals surface area contributed by atoms with Crippen molar-refractivity contribution in [1.82, 2.24) is 9.21 Å². The van der Waals surface area contributed by atoms with E-state index in [1.807, 2.05) is 26.0 Å². The molecule has 130 valence electrons. The van der Waals surface area contributed by atoms with Crippen molar-refractivity contribution in [2.75, 3.05) is 32.4 Å². The van der Waals surface area contributed by atoms with Crippen molar-refractivity contribution in [2.45, 2.75) is 26.7 Å². The summed E-state index contributed by atoms with van der Waals surface area (Å²) in [5.74, 6) is -0.0184. The van der Waals surface area contributed by atoms with Crippen LogP contribution in [0.3, 0.4) is 0 Å². The van der Waals surface area contributed by atoms with Crippen molar-refractivity contribution in [3.8, 4) is 0 Å². The van der Waals surface area contributed by atoms with Crippen LogP contribution in [0.2, 0.25) is 5.02 Å². The molecule has 0 atom stereocenters. The van der Waals surface area contributed by atoms with E-state index in [0.717, 1.165) is 5.56 Å². The van der Waals surface area contributed by atoms with Gasteiger partial charge < -0.3 is 4.90 Å². The number of sulfonamides is 1. The molecule has 0 saturated heterocycles. The van der Waals surface area contributed by atoms with Gasteiger partial charge in [0.15, 0.2) is 0 Å². The number of rotatable bonds is 9. The maximum atomic E-state index is 12.0. The lowest BCUT2D eigenvalue weighted by molar-refractivity contribution is -0.130. The molecule has 0 aliphatic rings. The zero-order valence-corrected chi connectivity index (χ0v) is 15.5. The Balaban J connectivity index is 2.63. The molecule has 7 heteroatoms. The number of amides is 1. The molecular formula is C16H25ClN2O3S. The van der Waals surface area contributed by atoms with Crippen molar-refractivity contribution in [2.24, 2.45) is 0 Å². The molecule has 1 rings (SSSR count). The second-order valence-corrected chi connectivity index (χ2v) is 7.77. The summed E-state index contributed by atoms with van der Waals surface area (Å²) in [6.07, 6.45) is 1.97. The fourth-order valence-corrected chi connectivity index (χ4v) is 3.27. The van der Waals surface area contributed by atoms with Crippen LogP contribution in [0.5, 0.6) is 0 Å². The molecule has 0 radical (unpaired) electrons. The highest BCUT2D eigenvalue weighted by molar-refractivity contribution is 7.88. The second-order valence-electron chi connectivity index (χ2n) is 5.35. The zero-order valence-electron chi connectivity index (χ0n) is 14.0. The van der Waals surface area contributed by atoms with E-state index in [-0.39, 0.29) is 18.9 Å². The Morgan fingerprint density at radius 2 is 1.65 bits per heavy atom. The average Bonchev–Trinajstić information content (AvgIpc) is 2.49. The third kappa shape index (κ3) is 6.89. The molecule has 0 N–H and O–H groups in total. The predicted molar refractivity (Wildman–Crippen MR) is 94.1 cm³/mol. The zero-order chi connectivity index (χ0) is 17.5. The van der Waals surface area contributed by atoms with Gasteiger partial charge in [-0.3, -0.25) is 4.79 Å². The van der Waals surface area contributed by atoms with E-state index in [1.54, 1.807) is 17.0 Å². The number of nitrogens with zero attached hydrogens (tertiary/aromatic N) is 2. The van der Waals surface area contributed by atoms with Crippen LogP contribution in [0.25, 0.3) is 0 Å². The molecule has 1 aromatic carbocycles. The van der Waals surface area contributed by atoms with Gasteiger partial charge in [0.25, 0.3) is 0 Å². The lowest BCUT2D eigenvalue weighted by atomic mass is 10.1. The summed E-state index contributed by atoms with van der Waals surface area (Å²) >= 11 is 5.84. The van der Waals surface area contributed by atoms with Crippen molar-refractivity contribution in [3.05, 3.63) is 34.9 Å². The van der Waals surface area contributed by atoms with E-state index in [4.69, 9.17) is 11.6 Å². The highest BCUT2D eigenvalue weighted by atomic mass is 35.5. The molecule has 0 heterocycles. The summed E-state index contributed by atoms with van der Waals surface area (Å²) in [7, 11) is -3.34. The van der Waals surface area contributed by atoms with Crippen LogP contribution in [0.4, 0.5) is 0 Å².